The first-order chi connectivity index (χ1) is 10.2. The normalized spacial score (nSPS) is 17.3. The van der Waals surface area contributed by atoms with E-state index in [1.165, 1.54) is 0 Å². The van der Waals surface area contributed by atoms with Crippen LogP contribution in [0.2, 0.25) is 0 Å². The molecule has 1 aliphatic heterocycles. The summed E-state index contributed by atoms with van der Waals surface area (Å²) in [6.45, 7) is 0. The van der Waals surface area contributed by atoms with Gasteiger partial charge in [-0.25, -0.2) is 9.78 Å². The van der Waals surface area contributed by atoms with Crippen molar-refractivity contribution in [3.05, 3.63) is 47.5 Å². The lowest BCUT2D eigenvalue weighted by molar-refractivity contribution is -0.141. The first kappa shape index (κ1) is 13.7. The van der Waals surface area contributed by atoms with Crippen LogP contribution in [0, 0.1) is 0 Å². The second-order valence-corrected chi connectivity index (χ2v) is 5.33. The van der Waals surface area contributed by atoms with E-state index in [4.69, 9.17) is 4.74 Å². The maximum absolute atomic E-state index is 11.3. The Kier molecular flexibility index (Phi) is 3.64. The maximum atomic E-state index is 11.3. The molecular formula is C16H18N2O3. The average molecular weight is 286 g/mol. The lowest BCUT2D eigenvalue weighted by Crippen LogP contribution is -2.24. The van der Waals surface area contributed by atoms with Crippen LogP contribution in [0.25, 0.3) is 0 Å². The molecule has 1 unspecified atom stereocenters. The lowest BCUT2D eigenvalue weighted by atomic mass is 10.1. The molecule has 110 valence electrons. The first-order valence-electron chi connectivity index (χ1n) is 7.09. The molecule has 21 heavy (non-hydrogen) atoms. The van der Waals surface area contributed by atoms with Crippen LogP contribution in [-0.4, -0.2) is 27.7 Å². The molecule has 0 radical (unpaired) electrons. The fraction of sp³-hybridized carbons (Fsp3) is 0.375. The number of carboxylic acid groups (broad SMARTS) is 1. The van der Waals surface area contributed by atoms with E-state index in [9.17, 15) is 9.90 Å². The Morgan fingerprint density at radius 3 is 3.14 bits per heavy atom. The van der Waals surface area contributed by atoms with E-state index < -0.39 is 12.0 Å². The summed E-state index contributed by atoms with van der Waals surface area (Å²) in [5.74, 6) is 0.924. The Hall–Kier alpha value is -2.30. The summed E-state index contributed by atoms with van der Waals surface area (Å²) < 4.78 is 7.04. The Morgan fingerprint density at radius 2 is 2.38 bits per heavy atom. The molecule has 5 heteroatoms. The zero-order valence-electron chi connectivity index (χ0n) is 12.0. The smallest absolute Gasteiger partial charge is 0.326 e. The summed E-state index contributed by atoms with van der Waals surface area (Å²) in [5, 5.41) is 9.29. The molecule has 2 heterocycles. The molecule has 0 saturated carbocycles. The van der Waals surface area contributed by atoms with Crippen LogP contribution >= 0.6 is 0 Å². The molecule has 1 aromatic carbocycles. The zero-order chi connectivity index (χ0) is 14.8. The standard InChI is InChI=1S/C16H18N2O3/c1-21-13-5-2-4-11(9-13)8-12-10-18-14(16(19)20)6-3-7-15(18)17-12/h2,4-5,9-10,14H,3,6-8H2,1H3,(H,19,20). The number of hydrogen-bond donors (Lipinski definition) is 1. The molecular weight excluding hydrogens is 268 g/mol. The minimum atomic E-state index is -0.777. The summed E-state index contributed by atoms with van der Waals surface area (Å²) in [6, 6.07) is 7.38. The number of aromatic nitrogens is 2. The average Bonchev–Trinajstić information content (AvgIpc) is 2.89. The van der Waals surface area contributed by atoms with Crippen LogP contribution < -0.4 is 4.74 Å². The third kappa shape index (κ3) is 2.77. The van der Waals surface area contributed by atoms with E-state index in [1.807, 2.05) is 35.0 Å². The van der Waals surface area contributed by atoms with Crippen LogP contribution in [0.3, 0.4) is 0 Å². The molecule has 3 rings (SSSR count). The highest BCUT2D eigenvalue weighted by molar-refractivity contribution is 5.72. The fourth-order valence-corrected chi connectivity index (χ4v) is 2.85. The van der Waals surface area contributed by atoms with Crippen molar-refractivity contribution in [1.29, 1.82) is 0 Å². The van der Waals surface area contributed by atoms with Gasteiger partial charge in [0, 0.05) is 19.0 Å². The Bertz CT molecular complexity index is 663. The molecule has 5 nitrogen and oxygen atoms in total. The van der Waals surface area contributed by atoms with Crippen LogP contribution in [-0.2, 0) is 17.6 Å². The number of aliphatic carboxylic acids is 1. The van der Waals surface area contributed by atoms with E-state index in [-0.39, 0.29) is 0 Å². The summed E-state index contributed by atoms with van der Waals surface area (Å²) in [5.41, 5.74) is 2.02. The predicted octanol–water partition coefficient (Wildman–Crippen LogP) is 2.44. The monoisotopic (exact) mass is 286 g/mol. The number of carbonyl (C=O) groups is 1. The van der Waals surface area contributed by atoms with Gasteiger partial charge in [-0.3, -0.25) is 0 Å². The Labute approximate surface area is 123 Å². The van der Waals surface area contributed by atoms with Gasteiger partial charge in [0.05, 0.1) is 12.8 Å². The van der Waals surface area contributed by atoms with E-state index >= 15 is 0 Å². The van der Waals surface area contributed by atoms with Crippen LogP contribution in [0.4, 0.5) is 0 Å². The molecule has 2 aromatic rings. The number of carboxylic acids is 1. The molecule has 1 aliphatic rings. The molecule has 0 spiro atoms. The van der Waals surface area contributed by atoms with Gasteiger partial charge >= 0.3 is 5.97 Å². The third-order valence-electron chi connectivity index (χ3n) is 3.88. The molecule has 0 saturated heterocycles. The van der Waals surface area contributed by atoms with E-state index in [1.54, 1.807) is 7.11 Å². The van der Waals surface area contributed by atoms with Crippen molar-refractivity contribution in [3.8, 4) is 5.75 Å². The van der Waals surface area contributed by atoms with Gasteiger partial charge < -0.3 is 14.4 Å². The van der Waals surface area contributed by atoms with Crippen molar-refractivity contribution in [2.45, 2.75) is 31.7 Å². The molecule has 1 aromatic heterocycles. The second-order valence-electron chi connectivity index (χ2n) is 5.33. The van der Waals surface area contributed by atoms with Crippen molar-refractivity contribution in [1.82, 2.24) is 9.55 Å². The Balaban J connectivity index is 1.85. The molecule has 0 aliphatic carbocycles. The number of imidazole rings is 1. The van der Waals surface area contributed by atoms with Gasteiger partial charge in [0.1, 0.15) is 17.6 Å². The second kappa shape index (κ2) is 5.60. The molecule has 0 bridgehead atoms. The zero-order valence-corrected chi connectivity index (χ0v) is 12.0. The number of rotatable bonds is 4. The highest BCUT2D eigenvalue weighted by Gasteiger charge is 2.26. The topological polar surface area (TPSA) is 64.4 Å². The van der Waals surface area contributed by atoms with Gasteiger partial charge in [-0.2, -0.15) is 0 Å². The van der Waals surface area contributed by atoms with Crippen molar-refractivity contribution in [3.63, 3.8) is 0 Å². The van der Waals surface area contributed by atoms with E-state index in [2.05, 4.69) is 4.98 Å². The maximum Gasteiger partial charge on any atom is 0.326 e. The number of ether oxygens (including phenoxy) is 1. The van der Waals surface area contributed by atoms with Crippen LogP contribution in [0.15, 0.2) is 30.5 Å². The fourth-order valence-electron chi connectivity index (χ4n) is 2.85. The molecule has 0 fully saturated rings. The minimum Gasteiger partial charge on any atom is -0.497 e. The number of benzene rings is 1. The quantitative estimate of drug-likeness (QED) is 0.937. The molecule has 1 atom stereocenters. The largest absolute Gasteiger partial charge is 0.497 e. The number of nitrogens with zero attached hydrogens (tertiary/aromatic N) is 2. The summed E-state index contributed by atoms with van der Waals surface area (Å²) in [6.07, 6.45) is 4.97. The van der Waals surface area contributed by atoms with Gasteiger partial charge in [0.2, 0.25) is 0 Å². The number of aryl methyl sites for hydroxylation is 1. The summed E-state index contributed by atoms with van der Waals surface area (Å²) >= 11 is 0. The SMILES string of the molecule is COc1cccc(Cc2cn3c(n2)CCCC3C(=O)O)c1. The van der Waals surface area contributed by atoms with Crippen LogP contribution in [0.5, 0.6) is 5.75 Å². The van der Waals surface area contributed by atoms with Gasteiger partial charge in [0.15, 0.2) is 0 Å². The number of methoxy groups -OCH3 is 1. The summed E-state index contributed by atoms with van der Waals surface area (Å²) in [4.78, 5) is 15.9. The predicted molar refractivity (Wildman–Crippen MR) is 77.6 cm³/mol. The first-order valence-corrected chi connectivity index (χ1v) is 7.09. The lowest BCUT2D eigenvalue weighted by Gasteiger charge is -2.20. The molecule has 0 amide bonds. The van der Waals surface area contributed by atoms with Crippen LogP contribution in [0.1, 0.15) is 36.0 Å². The van der Waals surface area contributed by atoms with Crippen molar-refractivity contribution in [2.24, 2.45) is 0 Å². The summed E-state index contributed by atoms with van der Waals surface area (Å²) in [7, 11) is 1.64. The van der Waals surface area contributed by atoms with Gasteiger partial charge in [0.25, 0.3) is 0 Å². The van der Waals surface area contributed by atoms with Crippen molar-refractivity contribution in [2.75, 3.05) is 7.11 Å². The van der Waals surface area contributed by atoms with Crippen molar-refractivity contribution >= 4 is 5.97 Å². The third-order valence-corrected chi connectivity index (χ3v) is 3.88. The van der Waals surface area contributed by atoms with Crippen molar-refractivity contribution < 1.29 is 14.6 Å². The highest BCUT2D eigenvalue weighted by Crippen LogP contribution is 2.26. The van der Waals surface area contributed by atoms with Gasteiger partial charge in [-0.05, 0) is 30.5 Å². The Morgan fingerprint density at radius 1 is 1.52 bits per heavy atom. The molecule has 1 N–H and O–H groups in total. The highest BCUT2D eigenvalue weighted by atomic mass is 16.5. The number of fused-ring (bicyclic) bond motifs is 1. The van der Waals surface area contributed by atoms with Gasteiger partial charge in [-0.15, -0.1) is 0 Å². The number of hydrogen-bond acceptors (Lipinski definition) is 3. The van der Waals surface area contributed by atoms with Gasteiger partial charge in [-0.1, -0.05) is 12.1 Å². The van der Waals surface area contributed by atoms with E-state index in [0.29, 0.717) is 12.8 Å². The van der Waals surface area contributed by atoms with E-state index in [0.717, 1.165) is 35.7 Å². The minimum absolute atomic E-state index is 0.472.